The molecule has 2 heterocycles. The Labute approximate surface area is 125 Å². The molecule has 1 aromatic carbocycles. The molecule has 0 bridgehead atoms. The zero-order valence-electron chi connectivity index (χ0n) is 12.8. The van der Waals surface area contributed by atoms with Crippen LogP contribution < -0.4 is 5.73 Å². The van der Waals surface area contributed by atoms with Gasteiger partial charge in [-0.1, -0.05) is 0 Å². The van der Waals surface area contributed by atoms with E-state index in [9.17, 15) is 5.11 Å². The van der Waals surface area contributed by atoms with Crippen LogP contribution in [-0.4, -0.2) is 39.7 Å². The second-order valence-corrected chi connectivity index (χ2v) is 6.28. The molecule has 0 saturated carbocycles. The predicted molar refractivity (Wildman–Crippen MR) is 85.0 cm³/mol. The summed E-state index contributed by atoms with van der Waals surface area (Å²) < 4.78 is 2.17. The molecule has 1 fully saturated rings. The normalized spacial score (nSPS) is 21.8. The number of likely N-dealkylation sites (tertiary alicyclic amines) is 1. The maximum atomic E-state index is 10.0. The number of nitrogens with two attached hydrogens (primary N) is 1. The number of nitrogens with zero attached hydrogens (tertiary/aromatic N) is 3. The molecule has 114 valence electrons. The fourth-order valence-electron chi connectivity index (χ4n) is 3.36. The van der Waals surface area contributed by atoms with E-state index in [0.29, 0.717) is 11.6 Å². The fourth-order valence-corrected chi connectivity index (χ4v) is 3.36. The van der Waals surface area contributed by atoms with Crippen LogP contribution in [0.4, 0.5) is 5.69 Å². The third-order valence-corrected chi connectivity index (χ3v) is 4.34. The lowest BCUT2D eigenvalue weighted by molar-refractivity contribution is 0.170. The van der Waals surface area contributed by atoms with Gasteiger partial charge >= 0.3 is 0 Å². The second-order valence-electron chi connectivity index (χ2n) is 6.28. The van der Waals surface area contributed by atoms with Crippen molar-refractivity contribution in [1.82, 2.24) is 14.5 Å². The van der Waals surface area contributed by atoms with Crippen LogP contribution in [0.1, 0.15) is 31.7 Å². The number of hydrogen-bond donors (Lipinski definition) is 2. The van der Waals surface area contributed by atoms with Crippen molar-refractivity contribution in [3.05, 3.63) is 24.0 Å². The summed E-state index contributed by atoms with van der Waals surface area (Å²) >= 11 is 0. The van der Waals surface area contributed by atoms with Gasteiger partial charge in [-0.05, 0) is 57.5 Å². The molecule has 0 amide bonds. The van der Waals surface area contributed by atoms with Crippen molar-refractivity contribution in [2.75, 3.05) is 25.9 Å². The quantitative estimate of drug-likeness (QED) is 0.848. The average molecular weight is 288 g/mol. The van der Waals surface area contributed by atoms with Gasteiger partial charge in [-0.15, -0.1) is 0 Å². The molecule has 2 aromatic rings. The topological polar surface area (TPSA) is 67.3 Å². The largest absolute Gasteiger partial charge is 0.399 e. The minimum Gasteiger partial charge on any atom is -0.399 e. The molecule has 0 aliphatic carbocycles. The molecule has 1 aliphatic heterocycles. The first-order chi connectivity index (χ1) is 10.0. The van der Waals surface area contributed by atoms with E-state index in [1.165, 1.54) is 19.4 Å². The van der Waals surface area contributed by atoms with Gasteiger partial charge in [0.1, 0.15) is 11.9 Å². The van der Waals surface area contributed by atoms with Crippen molar-refractivity contribution in [1.29, 1.82) is 0 Å². The lowest BCUT2D eigenvalue weighted by Crippen LogP contribution is -2.34. The van der Waals surface area contributed by atoms with E-state index in [2.05, 4.69) is 21.5 Å². The zero-order valence-corrected chi connectivity index (χ0v) is 12.8. The molecule has 3 rings (SSSR count). The van der Waals surface area contributed by atoms with Crippen LogP contribution in [0.15, 0.2) is 18.2 Å². The number of piperidine rings is 1. The predicted octanol–water partition coefficient (Wildman–Crippen LogP) is 2.01. The molecule has 5 heteroatoms. The SMILES string of the molecule is CC(O)c1nc2cc(N)ccc2n1CC1CCCN(C)C1. The smallest absolute Gasteiger partial charge is 0.138 e. The summed E-state index contributed by atoms with van der Waals surface area (Å²) in [6.45, 7) is 4.97. The maximum Gasteiger partial charge on any atom is 0.138 e. The summed E-state index contributed by atoms with van der Waals surface area (Å²) in [6, 6.07) is 5.79. The first kappa shape index (κ1) is 14.4. The van der Waals surface area contributed by atoms with Gasteiger partial charge in [-0.3, -0.25) is 0 Å². The number of hydrogen-bond acceptors (Lipinski definition) is 4. The maximum absolute atomic E-state index is 10.0. The number of aliphatic hydroxyl groups is 1. The van der Waals surface area contributed by atoms with Crippen LogP contribution in [-0.2, 0) is 6.54 Å². The van der Waals surface area contributed by atoms with Crippen molar-refractivity contribution >= 4 is 16.7 Å². The van der Waals surface area contributed by atoms with E-state index >= 15 is 0 Å². The Morgan fingerprint density at radius 2 is 2.29 bits per heavy atom. The van der Waals surface area contributed by atoms with Crippen LogP contribution in [0.3, 0.4) is 0 Å². The van der Waals surface area contributed by atoms with Gasteiger partial charge in [0.25, 0.3) is 0 Å². The Bertz CT molecular complexity index is 634. The van der Waals surface area contributed by atoms with E-state index in [4.69, 9.17) is 5.73 Å². The molecule has 5 nitrogen and oxygen atoms in total. The molecule has 21 heavy (non-hydrogen) atoms. The Morgan fingerprint density at radius 3 is 3.00 bits per heavy atom. The summed E-state index contributed by atoms with van der Waals surface area (Å²) in [6.07, 6.45) is 1.91. The summed E-state index contributed by atoms with van der Waals surface area (Å²) in [5, 5.41) is 10.0. The number of rotatable bonds is 3. The molecule has 0 radical (unpaired) electrons. The number of anilines is 1. The Balaban J connectivity index is 1.97. The van der Waals surface area contributed by atoms with E-state index in [1.54, 1.807) is 6.92 Å². The number of aromatic nitrogens is 2. The van der Waals surface area contributed by atoms with Crippen molar-refractivity contribution in [3.63, 3.8) is 0 Å². The van der Waals surface area contributed by atoms with Crippen molar-refractivity contribution in [2.24, 2.45) is 5.92 Å². The van der Waals surface area contributed by atoms with E-state index in [-0.39, 0.29) is 0 Å². The third kappa shape index (κ3) is 2.89. The molecule has 2 unspecified atom stereocenters. The lowest BCUT2D eigenvalue weighted by atomic mass is 9.98. The van der Waals surface area contributed by atoms with E-state index in [0.717, 1.165) is 29.9 Å². The van der Waals surface area contributed by atoms with Gasteiger partial charge in [-0.25, -0.2) is 4.98 Å². The summed E-state index contributed by atoms with van der Waals surface area (Å²) in [5.74, 6) is 1.35. The highest BCUT2D eigenvalue weighted by molar-refractivity contribution is 5.79. The Hall–Kier alpha value is -1.59. The summed E-state index contributed by atoms with van der Waals surface area (Å²) in [5.41, 5.74) is 8.49. The van der Waals surface area contributed by atoms with Gasteiger partial charge in [0.2, 0.25) is 0 Å². The summed E-state index contributed by atoms with van der Waals surface area (Å²) in [7, 11) is 2.18. The Kier molecular flexibility index (Phi) is 3.87. The first-order valence-corrected chi connectivity index (χ1v) is 7.67. The molecular formula is C16H24N4O. The first-order valence-electron chi connectivity index (χ1n) is 7.67. The van der Waals surface area contributed by atoms with Gasteiger partial charge in [0.05, 0.1) is 11.0 Å². The third-order valence-electron chi connectivity index (χ3n) is 4.34. The zero-order chi connectivity index (χ0) is 15.0. The number of fused-ring (bicyclic) bond motifs is 1. The monoisotopic (exact) mass is 288 g/mol. The number of nitrogen functional groups attached to an aromatic ring is 1. The van der Waals surface area contributed by atoms with Gasteiger partial charge in [0.15, 0.2) is 0 Å². The minimum atomic E-state index is -0.569. The Morgan fingerprint density at radius 1 is 1.48 bits per heavy atom. The van der Waals surface area contributed by atoms with Crippen molar-refractivity contribution in [2.45, 2.75) is 32.4 Å². The second kappa shape index (κ2) is 5.66. The van der Waals surface area contributed by atoms with Gasteiger partial charge < -0.3 is 20.3 Å². The van der Waals surface area contributed by atoms with Crippen LogP contribution in [0.2, 0.25) is 0 Å². The minimum absolute atomic E-state index is 0.569. The van der Waals surface area contributed by atoms with Crippen LogP contribution >= 0.6 is 0 Å². The highest BCUT2D eigenvalue weighted by Crippen LogP contribution is 2.26. The molecule has 0 spiro atoms. The molecular weight excluding hydrogens is 264 g/mol. The standard InChI is InChI=1S/C16H24N4O/c1-11(21)16-18-14-8-13(17)5-6-15(14)20(16)10-12-4-3-7-19(2)9-12/h5-6,8,11-12,21H,3-4,7,9-10,17H2,1-2H3. The molecule has 1 saturated heterocycles. The fraction of sp³-hybridized carbons (Fsp3) is 0.562. The number of imidazole rings is 1. The molecule has 3 N–H and O–H groups in total. The van der Waals surface area contributed by atoms with Crippen molar-refractivity contribution in [3.8, 4) is 0 Å². The van der Waals surface area contributed by atoms with Crippen LogP contribution in [0, 0.1) is 5.92 Å². The average Bonchev–Trinajstić information content (AvgIpc) is 2.77. The number of benzene rings is 1. The molecule has 2 atom stereocenters. The molecule has 1 aromatic heterocycles. The summed E-state index contributed by atoms with van der Waals surface area (Å²) in [4.78, 5) is 6.96. The molecule has 1 aliphatic rings. The van der Waals surface area contributed by atoms with Crippen LogP contribution in [0.25, 0.3) is 11.0 Å². The lowest BCUT2D eigenvalue weighted by Gasteiger charge is -2.30. The van der Waals surface area contributed by atoms with Gasteiger partial charge in [0, 0.05) is 18.8 Å². The van der Waals surface area contributed by atoms with E-state index < -0.39 is 6.10 Å². The van der Waals surface area contributed by atoms with Crippen LogP contribution in [0.5, 0.6) is 0 Å². The highest BCUT2D eigenvalue weighted by Gasteiger charge is 2.21. The van der Waals surface area contributed by atoms with E-state index in [1.807, 2.05) is 18.2 Å². The highest BCUT2D eigenvalue weighted by atomic mass is 16.3. The number of aliphatic hydroxyl groups excluding tert-OH is 1. The van der Waals surface area contributed by atoms with Crippen molar-refractivity contribution < 1.29 is 5.11 Å². The van der Waals surface area contributed by atoms with Gasteiger partial charge in [-0.2, -0.15) is 0 Å².